The van der Waals surface area contributed by atoms with Crippen molar-refractivity contribution in [2.24, 2.45) is 0 Å². The molecule has 2 saturated heterocycles. The SMILES string of the molecule is CN1CCOC2CN(c3ccc([N+](=O)[O-])c(OC(F)F)c3)CC21. The monoisotopic (exact) mass is 329 g/mol. The number of halogens is 2. The van der Waals surface area contributed by atoms with E-state index in [9.17, 15) is 18.9 Å². The van der Waals surface area contributed by atoms with Crippen molar-refractivity contribution in [1.82, 2.24) is 4.90 Å². The number of hydrogen-bond donors (Lipinski definition) is 0. The Balaban J connectivity index is 1.84. The molecule has 2 atom stereocenters. The number of fused-ring (bicyclic) bond motifs is 1. The summed E-state index contributed by atoms with van der Waals surface area (Å²) in [6.45, 7) is -0.325. The second kappa shape index (κ2) is 6.25. The van der Waals surface area contributed by atoms with Crippen molar-refractivity contribution >= 4 is 11.4 Å². The maximum atomic E-state index is 12.5. The molecule has 3 rings (SSSR count). The molecule has 0 amide bonds. The molecule has 2 heterocycles. The minimum absolute atomic E-state index is 0.0448. The van der Waals surface area contributed by atoms with E-state index in [1.54, 1.807) is 6.07 Å². The number of anilines is 1. The van der Waals surface area contributed by atoms with Gasteiger partial charge in [0, 0.05) is 37.5 Å². The quantitative estimate of drug-likeness (QED) is 0.619. The van der Waals surface area contributed by atoms with Crippen LogP contribution in [0.15, 0.2) is 18.2 Å². The van der Waals surface area contributed by atoms with Gasteiger partial charge in [0.25, 0.3) is 0 Å². The Kier molecular flexibility index (Phi) is 4.31. The summed E-state index contributed by atoms with van der Waals surface area (Å²) in [5.41, 5.74) is 0.136. The summed E-state index contributed by atoms with van der Waals surface area (Å²) in [5, 5.41) is 10.9. The molecule has 9 heteroatoms. The highest BCUT2D eigenvalue weighted by Crippen LogP contribution is 2.35. The Morgan fingerprint density at radius 2 is 2.22 bits per heavy atom. The standard InChI is InChI=1S/C14H17F2N3O4/c1-17-4-5-22-13-8-18(7-11(13)17)9-2-3-10(19(20)21)12(6-9)23-14(15)16/h2-3,6,11,13-14H,4-5,7-8H2,1H3. The number of rotatable bonds is 4. The number of nitro benzene ring substituents is 1. The summed E-state index contributed by atoms with van der Waals surface area (Å²) >= 11 is 0. The first-order valence-electron chi connectivity index (χ1n) is 7.25. The molecule has 0 saturated carbocycles. The first-order chi connectivity index (χ1) is 11.0. The van der Waals surface area contributed by atoms with Gasteiger partial charge in [0.2, 0.25) is 5.75 Å². The van der Waals surface area contributed by atoms with E-state index in [2.05, 4.69) is 9.64 Å². The molecule has 2 aliphatic rings. The molecule has 2 aliphatic heterocycles. The molecular formula is C14H17F2N3O4. The smallest absolute Gasteiger partial charge is 0.387 e. The predicted octanol–water partition coefficient (Wildman–Crippen LogP) is 1.72. The zero-order valence-corrected chi connectivity index (χ0v) is 12.5. The summed E-state index contributed by atoms with van der Waals surface area (Å²) in [5.74, 6) is -0.424. The van der Waals surface area contributed by atoms with Gasteiger partial charge in [0.05, 0.1) is 23.7 Å². The van der Waals surface area contributed by atoms with Crippen LogP contribution in [0.2, 0.25) is 0 Å². The number of hydrogen-bond acceptors (Lipinski definition) is 6. The van der Waals surface area contributed by atoms with Gasteiger partial charge in [0.1, 0.15) is 0 Å². The number of morpholine rings is 1. The zero-order chi connectivity index (χ0) is 16.6. The third-order valence-corrected chi connectivity index (χ3v) is 4.30. The number of likely N-dealkylation sites (N-methyl/N-ethyl adjacent to an activating group) is 1. The molecule has 0 bridgehead atoms. The number of nitrogens with zero attached hydrogens (tertiary/aromatic N) is 3. The fourth-order valence-corrected chi connectivity index (χ4v) is 3.11. The van der Waals surface area contributed by atoms with E-state index < -0.39 is 23.0 Å². The van der Waals surface area contributed by atoms with Crippen molar-refractivity contribution < 1.29 is 23.2 Å². The van der Waals surface area contributed by atoms with E-state index in [1.165, 1.54) is 12.1 Å². The van der Waals surface area contributed by atoms with Gasteiger partial charge in [-0.3, -0.25) is 15.0 Å². The lowest BCUT2D eigenvalue weighted by atomic mass is 10.1. The van der Waals surface area contributed by atoms with Crippen LogP contribution in [0.25, 0.3) is 0 Å². The maximum absolute atomic E-state index is 12.5. The number of benzene rings is 1. The van der Waals surface area contributed by atoms with Gasteiger partial charge in [-0.2, -0.15) is 8.78 Å². The Morgan fingerprint density at radius 1 is 1.43 bits per heavy atom. The van der Waals surface area contributed by atoms with Crippen molar-refractivity contribution in [1.29, 1.82) is 0 Å². The van der Waals surface area contributed by atoms with Crippen LogP contribution in [0.1, 0.15) is 0 Å². The molecule has 1 aromatic carbocycles. The van der Waals surface area contributed by atoms with Crippen LogP contribution in [0.5, 0.6) is 5.75 Å². The van der Waals surface area contributed by atoms with Crippen LogP contribution >= 0.6 is 0 Å². The van der Waals surface area contributed by atoms with Crippen molar-refractivity contribution in [3.63, 3.8) is 0 Å². The van der Waals surface area contributed by atoms with Gasteiger partial charge in [-0.05, 0) is 13.1 Å². The molecule has 0 spiro atoms. The van der Waals surface area contributed by atoms with Gasteiger partial charge >= 0.3 is 12.3 Å². The van der Waals surface area contributed by atoms with Crippen molar-refractivity contribution in [3.05, 3.63) is 28.3 Å². The first-order valence-corrected chi connectivity index (χ1v) is 7.25. The van der Waals surface area contributed by atoms with Crippen LogP contribution in [0, 0.1) is 10.1 Å². The van der Waals surface area contributed by atoms with E-state index in [0.29, 0.717) is 25.4 Å². The molecule has 1 aromatic rings. The lowest BCUT2D eigenvalue weighted by Gasteiger charge is -2.33. The number of alkyl halides is 2. The molecule has 2 fully saturated rings. The normalized spacial score (nSPS) is 24.8. The van der Waals surface area contributed by atoms with Crippen LogP contribution in [0.3, 0.4) is 0 Å². The summed E-state index contributed by atoms with van der Waals surface area (Å²) < 4.78 is 35.0. The molecule has 7 nitrogen and oxygen atoms in total. The van der Waals surface area contributed by atoms with Crippen molar-refractivity contribution in [2.45, 2.75) is 18.8 Å². The lowest BCUT2D eigenvalue weighted by molar-refractivity contribution is -0.386. The van der Waals surface area contributed by atoms with E-state index >= 15 is 0 Å². The predicted molar refractivity (Wildman–Crippen MR) is 78.1 cm³/mol. The number of nitro groups is 1. The first kappa shape index (κ1) is 15.9. The highest BCUT2D eigenvalue weighted by atomic mass is 19.3. The molecule has 126 valence electrons. The summed E-state index contributed by atoms with van der Waals surface area (Å²) in [7, 11) is 2.02. The average Bonchev–Trinajstić information content (AvgIpc) is 2.92. The molecule has 2 unspecified atom stereocenters. The Labute approximate surface area is 131 Å². The number of ether oxygens (including phenoxy) is 2. The highest BCUT2D eigenvalue weighted by Gasteiger charge is 2.39. The Bertz CT molecular complexity index is 601. The van der Waals surface area contributed by atoms with Crippen LogP contribution in [-0.2, 0) is 4.74 Å². The van der Waals surface area contributed by atoms with Gasteiger partial charge in [-0.15, -0.1) is 0 Å². The van der Waals surface area contributed by atoms with E-state index in [-0.39, 0.29) is 12.1 Å². The summed E-state index contributed by atoms with van der Waals surface area (Å²) in [6, 6.07) is 4.26. The molecule has 0 aliphatic carbocycles. The highest BCUT2D eigenvalue weighted by molar-refractivity contribution is 5.60. The van der Waals surface area contributed by atoms with Gasteiger partial charge < -0.3 is 14.4 Å². The van der Waals surface area contributed by atoms with E-state index in [4.69, 9.17) is 4.74 Å². The summed E-state index contributed by atoms with van der Waals surface area (Å²) in [4.78, 5) is 14.4. The van der Waals surface area contributed by atoms with Gasteiger partial charge in [-0.25, -0.2) is 0 Å². The lowest BCUT2D eigenvalue weighted by Crippen LogP contribution is -2.48. The molecular weight excluding hydrogens is 312 g/mol. The Hall–Kier alpha value is -2.00. The zero-order valence-electron chi connectivity index (χ0n) is 12.5. The largest absolute Gasteiger partial charge is 0.427 e. The van der Waals surface area contributed by atoms with Crippen LogP contribution in [-0.4, -0.2) is 61.9 Å². The second-order valence-electron chi connectivity index (χ2n) is 5.65. The minimum Gasteiger partial charge on any atom is -0.427 e. The maximum Gasteiger partial charge on any atom is 0.387 e. The fraction of sp³-hybridized carbons (Fsp3) is 0.571. The van der Waals surface area contributed by atoms with Crippen molar-refractivity contribution in [3.8, 4) is 5.75 Å². The minimum atomic E-state index is -3.11. The van der Waals surface area contributed by atoms with Crippen LogP contribution in [0.4, 0.5) is 20.2 Å². The molecule has 0 N–H and O–H groups in total. The third kappa shape index (κ3) is 3.20. The van der Waals surface area contributed by atoms with Crippen LogP contribution < -0.4 is 9.64 Å². The van der Waals surface area contributed by atoms with E-state index in [1.807, 2.05) is 11.9 Å². The molecule has 23 heavy (non-hydrogen) atoms. The van der Waals surface area contributed by atoms with Gasteiger partial charge in [0.15, 0.2) is 0 Å². The average molecular weight is 329 g/mol. The molecule has 0 aromatic heterocycles. The molecule has 0 radical (unpaired) electrons. The van der Waals surface area contributed by atoms with Crippen molar-refractivity contribution in [2.75, 3.05) is 38.2 Å². The topological polar surface area (TPSA) is 68.1 Å². The second-order valence-corrected chi connectivity index (χ2v) is 5.65. The summed E-state index contributed by atoms with van der Waals surface area (Å²) in [6.07, 6.45) is 0.0448. The van der Waals surface area contributed by atoms with Gasteiger partial charge in [-0.1, -0.05) is 0 Å². The fourth-order valence-electron chi connectivity index (χ4n) is 3.11. The third-order valence-electron chi connectivity index (χ3n) is 4.30. The van der Waals surface area contributed by atoms with E-state index in [0.717, 1.165) is 6.54 Å². The Morgan fingerprint density at radius 3 is 2.87 bits per heavy atom.